The van der Waals surface area contributed by atoms with Gasteiger partial charge in [0.15, 0.2) is 5.82 Å². The highest BCUT2D eigenvalue weighted by Gasteiger charge is 2.16. The predicted octanol–water partition coefficient (Wildman–Crippen LogP) is 4.54. The van der Waals surface area contributed by atoms with Crippen LogP contribution in [-0.4, -0.2) is 10.2 Å². The fourth-order valence-electron chi connectivity index (χ4n) is 2.29. The summed E-state index contributed by atoms with van der Waals surface area (Å²) < 4.78 is 14.1. The Labute approximate surface area is 130 Å². The molecule has 0 atom stereocenters. The van der Waals surface area contributed by atoms with Crippen molar-refractivity contribution >= 4 is 21.7 Å². The van der Waals surface area contributed by atoms with Gasteiger partial charge in [-0.1, -0.05) is 39.7 Å². The van der Waals surface area contributed by atoms with Crippen LogP contribution in [-0.2, 0) is 0 Å². The number of aromatic amines is 1. The number of halogens is 2. The molecule has 21 heavy (non-hydrogen) atoms. The summed E-state index contributed by atoms with van der Waals surface area (Å²) in [6.07, 6.45) is 0. The first-order valence-corrected chi connectivity index (χ1v) is 7.22. The molecule has 0 bridgehead atoms. The lowest BCUT2D eigenvalue weighted by molar-refractivity contribution is 0.628. The third-order valence-corrected chi connectivity index (χ3v) is 4.01. The number of H-pyrrole nitrogens is 1. The van der Waals surface area contributed by atoms with E-state index in [4.69, 9.17) is 5.73 Å². The molecule has 0 radical (unpaired) electrons. The van der Waals surface area contributed by atoms with E-state index >= 15 is 0 Å². The molecule has 0 amide bonds. The first-order valence-electron chi connectivity index (χ1n) is 6.42. The Morgan fingerprint density at radius 2 is 1.86 bits per heavy atom. The first kappa shape index (κ1) is 13.8. The van der Waals surface area contributed by atoms with Crippen LogP contribution in [0, 0.1) is 12.7 Å². The van der Waals surface area contributed by atoms with E-state index in [1.807, 2.05) is 25.1 Å². The topological polar surface area (TPSA) is 54.7 Å². The van der Waals surface area contributed by atoms with Gasteiger partial charge in [-0.3, -0.25) is 5.10 Å². The van der Waals surface area contributed by atoms with Gasteiger partial charge >= 0.3 is 0 Å². The number of nitrogens with zero attached hydrogens (tertiary/aromatic N) is 1. The highest BCUT2D eigenvalue weighted by atomic mass is 79.9. The van der Waals surface area contributed by atoms with Crippen LogP contribution in [0.15, 0.2) is 46.9 Å². The highest BCUT2D eigenvalue weighted by molar-refractivity contribution is 9.10. The molecule has 1 aromatic heterocycles. The van der Waals surface area contributed by atoms with Gasteiger partial charge in [0.1, 0.15) is 5.82 Å². The average Bonchev–Trinajstić information content (AvgIpc) is 2.84. The van der Waals surface area contributed by atoms with Crippen molar-refractivity contribution in [2.45, 2.75) is 6.92 Å². The zero-order valence-corrected chi connectivity index (χ0v) is 12.9. The van der Waals surface area contributed by atoms with Gasteiger partial charge in [-0.15, -0.1) is 0 Å². The number of aryl methyl sites for hydroxylation is 1. The van der Waals surface area contributed by atoms with Crippen LogP contribution < -0.4 is 5.73 Å². The predicted molar refractivity (Wildman–Crippen MR) is 86.3 cm³/mol. The summed E-state index contributed by atoms with van der Waals surface area (Å²) in [6.45, 7) is 2.02. The lowest BCUT2D eigenvalue weighted by Gasteiger charge is -2.08. The molecule has 0 unspecified atom stereocenters. The smallest absolute Gasteiger partial charge is 0.153 e. The van der Waals surface area contributed by atoms with Crippen LogP contribution in [0.5, 0.6) is 0 Å². The summed E-state index contributed by atoms with van der Waals surface area (Å²) >= 11 is 3.55. The van der Waals surface area contributed by atoms with Gasteiger partial charge in [0.25, 0.3) is 0 Å². The van der Waals surface area contributed by atoms with E-state index in [2.05, 4.69) is 26.1 Å². The van der Waals surface area contributed by atoms with Gasteiger partial charge in [-0.2, -0.15) is 5.10 Å². The van der Waals surface area contributed by atoms with E-state index < -0.39 is 0 Å². The third-order valence-electron chi connectivity index (χ3n) is 3.32. The quantitative estimate of drug-likeness (QED) is 0.716. The number of anilines is 1. The molecule has 1 heterocycles. The Hall–Kier alpha value is -2.14. The van der Waals surface area contributed by atoms with Gasteiger partial charge < -0.3 is 5.73 Å². The number of hydrogen-bond donors (Lipinski definition) is 2. The molecule has 0 spiro atoms. The lowest BCUT2D eigenvalue weighted by atomic mass is 10.00. The highest BCUT2D eigenvalue weighted by Crippen LogP contribution is 2.38. The first-order chi connectivity index (χ1) is 10.1. The van der Waals surface area contributed by atoms with Crippen LogP contribution in [0.1, 0.15) is 5.56 Å². The molecule has 3 rings (SSSR count). The Bertz CT molecular complexity index is 794. The van der Waals surface area contributed by atoms with Crippen molar-refractivity contribution in [1.29, 1.82) is 0 Å². The van der Waals surface area contributed by atoms with E-state index in [0.717, 1.165) is 32.4 Å². The van der Waals surface area contributed by atoms with Crippen molar-refractivity contribution in [2.24, 2.45) is 0 Å². The Kier molecular flexibility index (Phi) is 3.51. The van der Waals surface area contributed by atoms with Gasteiger partial charge in [0.05, 0.1) is 11.3 Å². The molecule has 3 aromatic rings. The molecule has 0 saturated heterocycles. The minimum absolute atomic E-state index is 0.279. The molecule has 106 valence electrons. The van der Waals surface area contributed by atoms with Gasteiger partial charge in [0.2, 0.25) is 0 Å². The van der Waals surface area contributed by atoms with E-state index in [1.165, 1.54) is 12.1 Å². The number of nitrogens with two attached hydrogens (primary N) is 1. The normalized spacial score (nSPS) is 10.8. The van der Waals surface area contributed by atoms with Crippen molar-refractivity contribution in [3.63, 3.8) is 0 Å². The van der Waals surface area contributed by atoms with Crippen molar-refractivity contribution in [3.8, 4) is 22.4 Å². The van der Waals surface area contributed by atoms with Crippen LogP contribution in [0.25, 0.3) is 22.4 Å². The average molecular weight is 346 g/mol. The fourth-order valence-corrected chi connectivity index (χ4v) is 2.74. The van der Waals surface area contributed by atoms with Gasteiger partial charge in [0, 0.05) is 10.0 Å². The summed E-state index contributed by atoms with van der Waals surface area (Å²) in [5.41, 5.74) is 10.5. The fraction of sp³-hybridized carbons (Fsp3) is 0.0625. The van der Waals surface area contributed by atoms with E-state index in [0.29, 0.717) is 5.82 Å². The van der Waals surface area contributed by atoms with Gasteiger partial charge in [-0.05, 0) is 36.8 Å². The van der Waals surface area contributed by atoms with Crippen molar-refractivity contribution in [1.82, 2.24) is 10.2 Å². The van der Waals surface area contributed by atoms with Crippen molar-refractivity contribution in [3.05, 3.63) is 58.3 Å². The van der Waals surface area contributed by atoms with Crippen LogP contribution in [0.3, 0.4) is 0 Å². The largest absolute Gasteiger partial charge is 0.382 e. The van der Waals surface area contributed by atoms with Crippen molar-refractivity contribution in [2.75, 3.05) is 5.73 Å². The summed E-state index contributed by atoms with van der Waals surface area (Å²) in [5, 5.41) is 7.07. The maximum Gasteiger partial charge on any atom is 0.153 e. The van der Waals surface area contributed by atoms with E-state index in [-0.39, 0.29) is 5.82 Å². The van der Waals surface area contributed by atoms with E-state index in [1.54, 1.807) is 12.1 Å². The molecule has 0 aliphatic heterocycles. The van der Waals surface area contributed by atoms with Gasteiger partial charge in [-0.25, -0.2) is 4.39 Å². The second-order valence-electron chi connectivity index (χ2n) is 4.85. The number of nitrogens with one attached hydrogen (secondary N) is 1. The standard InChI is InChI=1S/C16H13BrFN3/c1-9-2-7-13(17)12(8-9)15-14(16(19)21-20-15)10-3-5-11(18)6-4-10/h2-8H,1H3,(H3,19,20,21). The molecule has 0 aliphatic rings. The lowest BCUT2D eigenvalue weighted by Crippen LogP contribution is -1.90. The maximum atomic E-state index is 13.1. The van der Waals surface area contributed by atoms with Crippen LogP contribution >= 0.6 is 15.9 Å². The van der Waals surface area contributed by atoms with Crippen molar-refractivity contribution < 1.29 is 4.39 Å². The zero-order chi connectivity index (χ0) is 15.0. The molecule has 2 aromatic carbocycles. The number of nitrogen functional groups attached to an aromatic ring is 1. The molecule has 0 fully saturated rings. The minimum Gasteiger partial charge on any atom is -0.382 e. The minimum atomic E-state index is -0.279. The zero-order valence-electron chi connectivity index (χ0n) is 11.3. The number of benzene rings is 2. The van der Waals surface area contributed by atoms with E-state index in [9.17, 15) is 4.39 Å². The molecule has 0 aliphatic carbocycles. The third kappa shape index (κ3) is 2.56. The second kappa shape index (κ2) is 5.33. The van der Waals surface area contributed by atoms with Crippen LogP contribution in [0.2, 0.25) is 0 Å². The Morgan fingerprint density at radius 1 is 1.14 bits per heavy atom. The number of rotatable bonds is 2. The molecular weight excluding hydrogens is 333 g/mol. The SMILES string of the molecule is Cc1ccc(Br)c(-c2[nH]nc(N)c2-c2ccc(F)cc2)c1. The monoisotopic (exact) mass is 345 g/mol. The second-order valence-corrected chi connectivity index (χ2v) is 5.70. The van der Waals surface area contributed by atoms with Crippen LogP contribution in [0.4, 0.5) is 10.2 Å². The molecule has 3 nitrogen and oxygen atoms in total. The molecular formula is C16H13BrFN3. The molecule has 5 heteroatoms. The molecule has 0 saturated carbocycles. The summed E-state index contributed by atoms with van der Waals surface area (Å²) in [4.78, 5) is 0. The molecule has 3 N–H and O–H groups in total. The Balaban J connectivity index is 2.21. The summed E-state index contributed by atoms with van der Waals surface area (Å²) in [5.74, 6) is 0.115. The summed E-state index contributed by atoms with van der Waals surface area (Å²) in [7, 11) is 0. The number of aromatic nitrogens is 2. The Morgan fingerprint density at radius 3 is 2.57 bits per heavy atom. The maximum absolute atomic E-state index is 13.1. The number of hydrogen-bond acceptors (Lipinski definition) is 2. The summed E-state index contributed by atoms with van der Waals surface area (Å²) in [6, 6.07) is 12.3.